The van der Waals surface area contributed by atoms with Crippen LogP contribution in [0.3, 0.4) is 0 Å². The summed E-state index contributed by atoms with van der Waals surface area (Å²) in [5, 5.41) is 2.75. The van der Waals surface area contributed by atoms with Gasteiger partial charge in [-0.1, -0.05) is 218 Å². The fraction of sp³-hybridized carbons (Fsp3) is 0.333. The van der Waals surface area contributed by atoms with Crippen molar-refractivity contribution < 1.29 is 0 Å². The minimum Gasteiger partial charge on any atom is -0.0683 e. The van der Waals surface area contributed by atoms with Crippen molar-refractivity contribution in [3.63, 3.8) is 0 Å². The topological polar surface area (TPSA) is 0 Å². The molecule has 0 spiro atoms. The van der Waals surface area contributed by atoms with Crippen LogP contribution in [0, 0.1) is 0 Å². The lowest BCUT2D eigenvalue weighted by molar-refractivity contribution is 1.50. The van der Waals surface area contributed by atoms with Gasteiger partial charge in [0.1, 0.15) is 0 Å². The fourth-order valence-electron chi connectivity index (χ4n) is 4.00. The van der Waals surface area contributed by atoms with Crippen molar-refractivity contribution in [3.05, 3.63) is 121 Å². The summed E-state index contributed by atoms with van der Waals surface area (Å²) < 4.78 is 0. The highest BCUT2D eigenvalue weighted by Crippen LogP contribution is 2.46. The number of hydrogen-bond acceptors (Lipinski definition) is 0. The van der Waals surface area contributed by atoms with Crippen molar-refractivity contribution in [2.45, 2.75) is 96.9 Å². The van der Waals surface area contributed by atoms with E-state index in [0.29, 0.717) is 0 Å². The molecule has 0 saturated carbocycles. The maximum absolute atomic E-state index is 2.22. The molecule has 0 aromatic heterocycles. The Morgan fingerprint density at radius 2 is 0.500 bits per heavy atom. The van der Waals surface area contributed by atoms with E-state index in [9.17, 15) is 0 Å². The van der Waals surface area contributed by atoms with Gasteiger partial charge >= 0.3 is 0 Å². The molecule has 0 bridgehead atoms. The molecular weight excluding hydrogens is 504 g/mol. The lowest BCUT2D eigenvalue weighted by Crippen LogP contribution is -1.73. The van der Waals surface area contributed by atoms with Gasteiger partial charge in [-0.05, 0) is 44.2 Å². The Labute approximate surface area is 261 Å². The van der Waals surface area contributed by atoms with Crippen LogP contribution in [-0.4, -0.2) is 0 Å². The third-order valence-electron chi connectivity index (χ3n) is 5.29. The van der Waals surface area contributed by atoms with Crippen molar-refractivity contribution in [1.82, 2.24) is 0 Å². The minimum absolute atomic E-state index is 1.28. The second-order valence-corrected chi connectivity index (χ2v) is 6.99. The molecule has 6 rings (SSSR count). The van der Waals surface area contributed by atoms with E-state index in [1.54, 1.807) is 0 Å². The average Bonchev–Trinajstić information content (AvgIpc) is 3.47. The lowest BCUT2D eigenvalue weighted by atomic mass is 10.0. The molecule has 0 N–H and O–H groups in total. The standard InChI is InChI=1S/C16H10.C12H10.7C2H6/c1-2-8-13-12(7-1)14-9-3-5-11-6-4-10-15(13)16(11)14;1-3-7-11(8-4-1)12-9-5-2-6-10-12;7*1-2/h1-10H;1-10H;7*1-2H3. The predicted octanol–water partition coefficient (Wildman–Crippen LogP) is 15.0. The molecule has 42 heavy (non-hydrogen) atoms. The Bertz CT molecular complexity index is 1140. The average molecular weight is 567 g/mol. The zero-order valence-corrected chi connectivity index (χ0v) is 29.5. The largest absolute Gasteiger partial charge is 0.0683 e. The molecule has 1 aliphatic rings. The molecule has 5 aromatic carbocycles. The minimum atomic E-state index is 1.28. The quantitative estimate of drug-likeness (QED) is 0.186. The first-order valence-corrected chi connectivity index (χ1v) is 16.6. The van der Waals surface area contributed by atoms with Crippen molar-refractivity contribution in [2.24, 2.45) is 0 Å². The first-order chi connectivity index (χ1) is 20.9. The molecule has 0 radical (unpaired) electrons. The third-order valence-corrected chi connectivity index (χ3v) is 5.29. The van der Waals surface area contributed by atoms with Gasteiger partial charge in [0, 0.05) is 0 Å². The number of hydrogen-bond donors (Lipinski definition) is 0. The van der Waals surface area contributed by atoms with Gasteiger partial charge in [0.15, 0.2) is 0 Å². The van der Waals surface area contributed by atoms with Crippen LogP contribution in [0.15, 0.2) is 121 Å². The monoisotopic (exact) mass is 566 g/mol. The Morgan fingerprint density at radius 1 is 0.238 bits per heavy atom. The fourth-order valence-corrected chi connectivity index (χ4v) is 4.00. The highest BCUT2D eigenvalue weighted by molar-refractivity contribution is 6.15. The van der Waals surface area contributed by atoms with Crippen LogP contribution >= 0.6 is 0 Å². The zero-order valence-electron chi connectivity index (χ0n) is 29.5. The molecule has 1 aliphatic carbocycles. The van der Waals surface area contributed by atoms with Crippen LogP contribution in [0.4, 0.5) is 0 Å². The van der Waals surface area contributed by atoms with E-state index < -0.39 is 0 Å². The van der Waals surface area contributed by atoms with Crippen molar-refractivity contribution >= 4 is 10.8 Å². The molecule has 0 unspecified atom stereocenters. The van der Waals surface area contributed by atoms with Crippen LogP contribution in [0.5, 0.6) is 0 Å². The van der Waals surface area contributed by atoms with E-state index in [1.807, 2.05) is 109 Å². The van der Waals surface area contributed by atoms with Gasteiger partial charge < -0.3 is 0 Å². The van der Waals surface area contributed by atoms with E-state index in [1.165, 1.54) is 44.2 Å². The highest BCUT2D eigenvalue weighted by atomic mass is 14.2. The Morgan fingerprint density at radius 3 is 0.810 bits per heavy atom. The zero-order chi connectivity index (χ0) is 32.8. The number of fused-ring (bicyclic) bond motifs is 3. The van der Waals surface area contributed by atoms with E-state index in [2.05, 4.69) is 109 Å². The van der Waals surface area contributed by atoms with E-state index in [0.717, 1.165) is 0 Å². The van der Waals surface area contributed by atoms with Crippen LogP contribution in [0.25, 0.3) is 44.2 Å². The molecule has 0 heterocycles. The Kier molecular flexibility index (Phi) is 30.9. The summed E-state index contributed by atoms with van der Waals surface area (Å²) in [7, 11) is 0. The molecule has 0 aliphatic heterocycles. The summed E-state index contributed by atoms with van der Waals surface area (Å²) in [4.78, 5) is 0. The molecule has 0 fully saturated rings. The van der Waals surface area contributed by atoms with Crippen molar-refractivity contribution in [2.75, 3.05) is 0 Å². The van der Waals surface area contributed by atoms with Crippen LogP contribution in [0.2, 0.25) is 0 Å². The van der Waals surface area contributed by atoms with Gasteiger partial charge in [-0.2, -0.15) is 0 Å². The maximum atomic E-state index is 2.22. The van der Waals surface area contributed by atoms with E-state index in [4.69, 9.17) is 0 Å². The lowest BCUT2D eigenvalue weighted by Gasteiger charge is -2.00. The van der Waals surface area contributed by atoms with Crippen molar-refractivity contribution in [3.8, 4) is 33.4 Å². The number of benzene rings is 5. The van der Waals surface area contributed by atoms with E-state index >= 15 is 0 Å². The summed E-state index contributed by atoms with van der Waals surface area (Å²) in [5.74, 6) is 0. The first-order valence-electron chi connectivity index (χ1n) is 16.6. The van der Waals surface area contributed by atoms with Gasteiger partial charge in [-0.15, -0.1) is 0 Å². The highest BCUT2D eigenvalue weighted by Gasteiger charge is 2.19. The van der Waals surface area contributed by atoms with Crippen LogP contribution in [0.1, 0.15) is 96.9 Å². The number of rotatable bonds is 1. The van der Waals surface area contributed by atoms with Crippen LogP contribution < -0.4 is 0 Å². The normalized spacial score (nSPS) is 8.24. The molecule has 0 atom stereocenters. The molecule has 5 aromatic rings. The third kappa shape index (κ3) is 12.9. The molecule has 0 nitrogen and oxygen atoms in total. The smallest absolute Gasteiger partial charge is 0.00264 e. The summed E-state index contributed by atoms with van der Waals surface area (Å²) in [5.41, 5.74) is 8.05. The second-order valence-electron chi connectivity index (χ2n) is 6.99. The molecular formula is C42H62. The van der Waals surface area contributed by atoms with Gasteiger partial charge in [0.25, 0.3) is 0 Å². The van der Waals surface area contributed by atoms with Gasteiger partial charge in [-0.3, -0.25) is 0 Å². The van der Waals surface area contributed by atoms with Gasteiger partial charge in [0.05, 0.1) is 0 Å². The molecule has 0 amide bonds. The summed E-state index contributed by atoms with van der Waals surface area (Å²) in [6, 6.07) is 42.5. The first kappa shape index (κ1) is 42.8. The maximum Gasteiger partial charge on any atom is -0.00264 e. The Balaban J connectivity index is -0.000000522. The second kappa shape index (κ2) is 30.3. The van der Waals surface area contributed by atoms with E-state index in [-0.39, 0.29) is 0 Å². The SMILES string of the molecule is CC.CC.CC.CC.CC.CC.CC.c1ccc(-c2ccccc2)cc1.c1ccc2c(c1)-c1cccc3cccc-2c13. The van der Waals surface area contributed by atoms with Gasteiger partial charge in [-0.25, -0.2) is 0 Å². The molecule has 230 valence electrons. The summed E-state index contributed by atoms with van der Waals surface area (Å²) in [6.07, 6.45) is 0. The molecule has 0 heteroatoms. The molecule has 0 saturated heterocycles. The van der Waals surface area contributed by atoms with Gasteiger partial charge in [0.2, 0.25) is 0 Å². The summed E-state index contributed by atoms with van der Waals surface area (Å²) >= 11 is 0. The summed E-state index contributed by atoms with van der Waals surface area (Å²) in [6.45, 7) is 28.0. The predicted molar refractivity (Wildman–Crippen MR) is 200 cm³/mol. The Hall–Kier alpha value is -3.64. The van der Waals surface area contributed by atoms with Crippen LogP contribution in [-0.2, 0) is 0 Å². The van der Waals surface area contributed by atoms with Crippen molar-refractivity contribution in [1.29, 1.82) is 0 Å².